The summed E-state index contributed by atoms with van der Waals surface area (Å²) in [7, 11) is 0. The van der Waals surface area contributed by atoms with Crippen molar-refractivity contribution >= 4 is 11.6 Å². The molecule has 0 saturated carbocycles. The van der Waals surface area contributed by atoms with Crippen LogP contribution in [0.3, 0.4) is 0 Å². The third-order valence-corrected chi connectivity index (χ3v) is 2.70. The number of nitrogen functional groups attached to an aromatic ring is 1. The van der Waals surface area contributed by atoms with Crippen molar-refractivity contribution in [3.63, 3.8) is 0 Å². The number of benzene rings is 1. The van der Waals surface area contributed by atoms with Gasteiger partial charge < -0.3 is 11.1 Å². The number of hydrogen-bond acceptors (Lipinski definition) is 3. The highest BCUT2D eigenvalue weighted by Crippen LogP contribution is 2.12. The van der Waals surface area contributed by atoms with Gasteiger partial charge in [-0.1, -0.05) is 0 Å². The number of carbonyl (C=O) groups is 1. The van der Waals surface area contributed by atoms with Crippen LogP contribution in [0.5, 0.6) is 0 Å². The Morgan fingerprint density at radius 1 is 1.28 bits per heavy atom. The smallest absolute Gasteiger partial charge is 0.251 e. The molecular weight excluding hydrogens is 226 g/mol. The van der Waals surface area contributed by atoms with E-state index in [0.29, 0.717) is 17.8 Å². The lowest BCUT2D eigenvalue weighted by atomic mass is 10.1. The number of nitrogens with one attached hydrogen (secondary N) is 1. The Labute approximate surface area is 106 Å². The van der Waals surface area contributed by atoms with E-state index in [2.05, 4.69) is 10.3 Å². The molecule has 18 heavy (non-hydrogen) atoms. The lowest BCUT2D eigenvalue weighted by Gasteiger charge is -2.08. The van der Waals surface area contributed by atoms with Crippen LogP contribution in [0.2, 0.25) is 0 Å². The molecule has 0 aliphatic rings. The molecule has 4 nitrogen and oxygen atoms in total. The highest BCUT2D eigenvalue weighted by Gasteiger charge is 2.08. The van der Waals surface area contributed by atoms with Crippen LogP contribution in [0.15, 0.2) is 42.7 Å². The molecule has 0 fully saturated rings. The van der Waals surface area contributed by atoms with Gasteiger partial charge in [-0.3, -0.25) is 9.78 Å². The van der Waals surface area contributed by atoms with Crippen molar-refractivity contribution in [3.8, 4) is 0 Å². The lowest BCUT2D eigenvalue weighted by Crippen LogP contribution is -2.23. The normalized spacial score (nSPS) is 10.1. The van der Waals surface area contributed by atoms with Crippen LogP contribution in [0.4, 0.5) is 5.69 Å². The highest BCUT2D eigenvalue weighted by molar-refractivity contribution is 5.95. The minimum Gasteiger partial charge on any atom is -0.399 e. The first-order chi connectivity index (χ1) is 8.66. The van der Waals surface area contributed by atoms with Crippen LogP contribution in [0, 0.1) is 6.92 Å². The monoisotopic (exact) mass is 241 g/mol. The third-order valence-electron chi connectivity index (χ3n) is 2.70. The molecule has 4 heteroatoms. The molecule has 0 unspecified atom stereocenters. The average Bonchev–Trinajstić information content (AvgIpc) is 2.37. The van der Waals surface area contributed by atoms with E-state index in [1.54, 1.807) is 30.6 Å². The number of aromatic nitrogens is 1. The zero-order valence-corrected chi connectivity index (χ0v) is 10.2. The number of amides is 1. The van der Waals surface area contributed by atoms with Crippen molar-refractivity contribution < 1.29 is 4.79 Å². The summed E-state index contributed by atoms with van der Waals surface area (Å²) >= 11 is 0. The van der Waals surface area contributed by atoms with Crippen LogP contribution in [-0.4, -0.2) is 10.9 Å². The van der Waals surface area contributed by atoms with E-state index < -0.39 is 0 Å². The largest absolute Gasteiger partial charge is 0.399 e. The Kier molecular flexibility index (Phi) is 3.57. The van der Waals surface area contributed by atoms with Crippen LogP contribution in [0.25, 0.3) is 0 Å². The molecule has 0 spiro atoms. The summed E-state index contributed by atoms with van der Waals surface area (Å²) in [6.45, 7) is 2.36. The molecule has 0 aliphatic heterocycles. The Morgan fingerprint density at radius 2 is 2.00 bits per heavy atom. The van der Waals surface area contributed by atoms with Gasteiger partial charge in [-0.15, -0.1) is 0 Å². The van der Waals surface area contributed by atoms with E-state index in [9.17, 15) is 4.79 Å². The lowest BCUT2D eigenvalue weighted by molar-refractivity contribution is 0.0950. The zero-order chi connectivity index (χ0) is 13.0. The molecular formula is C14H15N3O. The fraction of sp³-hybridized carbons (Fsp3) is 0.143. The van der Waals surface area contributed by atoms with Crippen LogP contribution in [0.1, 0.15) is 21.5 Å². The molecule has 1 heterocycles. The predicted octanol–water partition coefficient (Wildman–Crippen LogP) is 1.90. The molecule has 0 atom stereocenters. The number of nitrogens with two attached hydrogens (primary N) is 1. The van der Waals surface area contributed by atoms with Gasteiger partial charge in [0.1, 0.15) is 0 Å². The molecule has 0 bridgehead atoms. The third kappa shape index (κ3) is 2.85. The summed E-state index contributed by atoms with van der Waals surface area (Å²) in [5, 5.41) is 2.87. The average molecular weight is 241 g/mol. The number of anilines is 1. The van der Waals surface area contributed by atoms with Crippen molar-refractivity contribution in [1.29, 1.82) is 0 Å². The van der Waals surface area contributed by atoms with Crippen LogP contribution >= 0.6 is 0 Å². The second-order valence-electron chi connectivity index (χ2n) is 4.11. The van der Waals surface area contributed by atoms with E-state index in [1.807, 2.05) is 19.1 Å². The van der Waals surface area contributed by atoms with E-state index in [4.69, 9.17) is 5.73 Å². The molecule has 0 radical (unpaired) electrons. The van der Waals surface area contributed by atoms with Gasteiger partial charge in [0.05, 0.1) is 0 Å². The minimum atomic E-state index is -0.0932. The van der Waals surface area contributed by atoms with E-state index in [0.717, 1.165) is 11.1 Å². The van der Waals surface area contributed by atoms with E-state index in [1.165, 1.54) is 0 Å². The quantitative estimate of drug-likeness (QED) is 0.806. The molecule has 1 aromatic heterocycles. The number of hydrogen-bond donors (Lipinski definition) is 2. The first kappa shape index (κ1) is 12.1. The molecule has 92 valence electrons. The van der Waals surface area contributed by atoms with E-state index in [-0.39, 0.29) is 5.91 Å². The van der Waals surface area contributed by atoms with Gasteiger partial charge in [0.15, 0.2) is 0 Å². The Balaban J connectivity index is 2.04. The molecule has 1 aromatic carbocycles. The maximum absolute atomic E-state index is 12.0. The van der Waals surface area contributed by atoms with Crippen molar-refractivity contribution in [2.75, 3.05) is 5.73 Å². The van der Waals surface area contributed by atoms with Crippen molar-refractivity contribution in [2.45, 2.75) is 13.5 Å². The van der Waals surface area contributed by atoms with Gasteiger partial charge in [-0.2, -0.15) is 0 Å². The van der Waals surface area contributed by atoms with Gasteiger partial charge in [-0.05, 0) is 48.4 Å². The first-order valence-electron chi connectivity index (χ1n) is 5.70. The fourth-order valence-corrected chi connectivity index (χ4v) is 1.72. The molecule has 2 aromatic rings. The van der Waals surface area contributed by atoms with Gasteiger partial charge >= 0.3 is 0 Å². The number of aryl methyl sites for hydroxylation is 1. The summed E-state index contributed by atoms with van der Waals surface area (Å²) in [6.07, 6.45) is 3.41. The Morgan fingerprint density at radius 3 is 2.67 bits per heavy atom. The number of rotatable bonds is 3. The Hall–Kier alpha value is -2.36. The molecule has 1 amide bonds. The fourth-order valence-electron chi connectivity index (χ4n) is 1.72. The summed E-state index contributed by atoms with van der Waals surface area (Å²) in [4.78, 5) is 15.9. The van der Waals surface area contributed by atoms with Crippen molar-refractivity contribution in [3.05, 3.63) is 59.4 Å². The number of pyridine rings is 1. The molecule has 0 aliphatic carbocycles. The number of nitrogens with zero attached hydrogens (tertiary/aromatic N) is 1. The van der Waals surface area contributed by atoms with Gasteiger partial charge in [-0.25, -0.2) is 0 Å². The van der Waals surface area contributed by atoms with Gasteiger partial charge in [0.2, 0.25) is 0 Å². The minimum absolute atomic E-state index is 0.0932. The topological polar surface area (TPSA) is 68.0 Å². The maximum Gasteiger partial charge on any atom is 0.251 e. The van der Waals surface area contributed by atoms with Gasteiger partial charge in [0, 0.05) is 30.2 Å². The van der Waals surface area contributed by atoms with Gasteiger partial charge in [0.25, 0.3) is 5.91 Å². The molecule has 3 N–H and O–H groups in total. The summed E-state index contributed by atoms with van der Waals surface area (Å²) in [5.41, 5.74) is 8.87. The summed E-state index contributed by atoms with van der Waals surface area (Å²) in [6, 6.07) is 9.01. The van der Waals surface area contributed by atoms with Crippen molar-refractivity contribution in [2.24, 2.45) is 0 Å². The number of carbonyl (C=O) groups excluding carboxylic acids is 1. The van der Waals surface area contributed by atoms with E-state index >= 15 is 0 Å². The highest BCUT2D eigenvalue weighted by atomic mass is 16.1. The standard InChI is InChI=1S/C14H15N3O/c1-10-8-12(15)2-3-13(10)14(18)17-9-11-4-6-16-7-5-11/h2-8H,9,15H2,1H3,(H,17,18). The van der Waals surface area contributed by atoms with Crippen molar-refractivity contribution in [1.82, 2.24) is 10.3 Å². The van der Waals surface area contributed by atoms with Crippen LogP contribution in [-0.2, 0) is 6.54 Å². The predicted molar refractivity (Wildman–Crippen MR) is 71.0 cm³/mol. The summed E-state index contributed by atoms with van der Waals surface area (Å²) in [5.74, 6) is -0.0932. The molecule has 0 saturated heterocycles. The Bertz CT molecular complexity index is 552. The zero-order valence-electron chi connectivity index (χ0n) is 10.2. The van der Waals surface area contributed by atoms with Crippen LogP contribution < -0.4 is 11.1 Å². The second kappa shape index (κ2) is 5.31. The summed E-state index contributed by atoms with van der Waals surface area (Å²) < 4.78 is 0. The second-order valence-corrected chi connectivity index (χ2v) is 4.11. The maximum atomic E-state index is 12.0. The SMILES string of the molecule is Cc1cc(N)ccc1C(=O)NCc1ccncc1. The molecule has 2 rings (SSSR count). The first-order valence-corrected chi connectivity index (χ1v) is 5.70.